The molecule has 0 fully saturated rings. The largest absolute Gasteiger partial charge is 0.309 e. The van der Waals surface area contributed by atoms with E-state index in [1.54, 1.807) is 0 Å². The van der Waals surface area contributed by atoms with E-state index in [1.165, 1.54) is 0 Å². The summed E-state index contributed by atoms with van der Waals surface area (Å²) in [6.45, 7) is 2.82. The highest BCUT2D eigenvalue weighted by Gasteiger charge is 1.94. The van der Waals surface area contributed by atoms with E-state index < -0.39 is 0 Å². The van der Waals surface area contributed by atoms with Gasteiger partial charge in [0.25, 0.3) is 0 Å². The number of carbonyl (C=O) groups is 2. The van der Waals surface area contributed by atoms with Crippen LogP contribution in [0.2, 0.25) is 0 Å². The average Bonchev–Trinajstić information content (AvgIpc) is 1.85. The van der Waals surface area contributed by atoms with Crippen LogP contribution in [0.25, 0.3) is 0 Å². The van der Waals surface area contributed by atoms with E-state index in [9.17, 15) is 9.59 Å². The Morgan fingerprint density at radius 1 is 1.67 bits per heavy atom. The van der Waals surface area contributed by atoms with E-state index in [0.29, 0.717) is 6.41 Å². The Bertz CT molecular complexity index is 103. The fraction of sp³-hybridized carbons (Fsp3) is 0.600. The zero-order valence-electron chi connectivity index (χ0n) is 5.31. The quantitative estimate of drug-likeness (QED) is 0.473. The lowest BCUT2D eigenvalue weighted by molar-refractivity contribution is -0.124. The molecule has 0 aliphatic carbocycles. The Kier molecular flexibility index (Phi) is 4.72. The van der Waals surface area contributed by atoms with Crippen molar-refractivity contribution in [3.63, 3.8) is 0 Å². The van der Waals surface area contributed by atoms with Gasteiger partial charge in [0.15, 0.2) is 0 Å². The molecule has 0 aromatic carbocycles. The van der Waals surface area contributed by atoms with E-state index in [1.807, 2.05) is 12.2 Å². The molecule has 0 spiro atoms. The topological polar surface area (TPSA) is 58.2 Å². The highest BCUT2D eigenvalue weighted by molar-refractivity contribution is 5.87. The van der Waals surface area contributed by atoms with E-state index >= 15 is 0 Å². The lowest BCUT2D eigenvalue weighted by Gasteiger charge is -1.96. The highest BCUT2D eigenvalue weighted by Crippen LogP contribution is 1.58. The van der Waals surface area contributed by atoms with Crippen molar-refractivity contribution in [3.05, 3.63) is 0 Å². The second kappa shape index (κ2) is 5.24. The molecule has 0 aliphatic rings. The second-order valence-corrected chi connectivity index (χ2v) is 1.47. The van der Waals surface area contributed by atoms with E-state index in [0.717, 1.165) is 6.54 Å². The molecule has 4 heteroatoms. The molecule has 52 valence electrons. The molecule has 0 radical (unpaired) electrons. The summed E-state index contributed by atoms with van der Waals surface area (Å²) < 4.78 is 0. The molecule has 0 rings (SSSR count). The van der Waals surface area contributed by atoms with Crippen molar-refractivity contribution in [1.82, 2.24) is 10.6 Å². The third kappa shape index (κ3) is 4.96. The van der Waals surface area contributed by atoms with Crippen LogP contribution in [0.1, 0.15) is 6.92 Å². The number of imide groups is 1. The van der Waals surface area contributed by atoms with Gasteiger partial charge in [0.1, 0.15) is 0 Å². The Balaban J connectivity index is 3.16. The molecule has 0 heterocycles. The molecule has 9 heavy (non-hydrogen) atoms. The normalized spacial score (nSPS) is 8.56. The third-order valence-electron chi connectivity index (χ3n) is 0.755. The maximum Gasteiger partial charge on any atom is 0.240 e. The number of hydrogen-bond donors (Lipinski definition) is 2. The maximum absolute atomic E-state index is 10.4. The Morgan fingerprint density at radius 3 is 2.78 bits per heavy atom. The summed E-state index contributed by atoms with van der Waals surface area (Å²) in [6, 6.07) is 0. The van der Waals surface area contributed by atoms with Crippen LogP contribution >= 0.6 is 0 Å². The van der Waals surface area contributed by atoms with Crippen LogP contribution in [0.3, 0.4) is 0 Å². The molecule has 0 saturated heterocycles. The van der Waals surface area contributed by atoms with E-state index in [4.69, 9.17) is 0 Å². The van der Waals surface area contributed by atoms with Crippen LogP contribution in [0.4, 0.5) is 0 Å². The zero-order valence-corrected chi connectivity index (χ0v) is 5.31. The van der Waals surface area contributed by atoms with Gasteiger partial charge in [-0.2, -0.15) is 0 Å². The summed E-state index contributed by atoms with van der Waals surface area (Å²) in [4.78, 5) is 20.0. The summed E-state index contributed by atoms with van der Waals surface area (Å²) in [5.41, 5.74) is 0. The molecule has 0 atom stereocenters. The van der Waals surface area contributed by atoms with Gasteiger partial charge in [0.2, 0.25) is 12.3 Å². The standard InChI is InChI=1S/C5H10N2O2/c1-2-6-3-5(9)7-4-8/h4,6H,2-3H2,1H3,(H,7,8,9). The van der Waals surface area contributed by atoms with Crippen molar-refractivity contribution < 1.29 is 9.59 Å². The van der Waals surface area contributed by atoms with Crippen molar-refractivity contribution in [3.8, 4) is 0 Å². The molecular weight excluding hydrogens is 120 g/mol. The number of likely N-dealkylation sites (N-methyl/N-ethyl adjacent to an activating group) is 1. The molecule has 0 aromatic heterocycles. The van der Waals surface area contributed by atoms with Gasteiger partial charge in [-0.15, -0.1) is 0 Å². The summed E-state index contributed by atoms with van der Waals surface area (Å²) in [5.74, 6) is -0.299. The molecule has 0 unspecified atom stereocenters. The van der Waals surface area contributed by atoms with Crippen LogP contribution in [-0.4, -0.2) is 25.4 Å². The van der Waals surface area contributed by atoms with Crippen molar-refractivity contribution >= 4 is 12.3 Å². The van der Waals surface area contributed by atoms with Gasteiger partial charge in [-0.1, -0.05) is 6.92 Å². The van der Waals surface area contributed by atoms with Gasteiger partial charge in [0, 0.05) is 0 Å². The molecule has 0 saturated carbocycles. The van der Waals surface area contributed by atoms with Crippen molar-refractivity contribution in [2.24, 2.45) is 0 Å². The molecule has 4 nitrogen and oxygen atoms in total. The van der Waals surface area contributed by atoms with Gasteiger partial charge < -0.3 is 5.32 Å². The minimum Gasteiger partial charge on any atom is -0.309 e. The van der Waals surface area contributed by atoms with Crippen LogP contribution < -0.4 is 10.6 Å². The van der Waals surface area contributed by atoms with Crippen LogP contribution in [-0.2, 0) is 9.59 Å². The van der Waals surface area contributed by atoms with Gasteiger partial charge in [-0.3, -0.25) is 14.9 Å². The first-order valence-electron chi connectivity index (χ1n) is 2.75. The Hall–Kier alpha value is -0.900. The highest BCUT2D eigenvalue weighted by atomic mass is 16.2. The van der Waals surface area contributed by atoms with E-state index in [2.05, 4.69) is 5.32 Å². The van der Waals surface area contributed by atoms with Crippen molar-refractivity contribution in [2.45, 2.75) is 6.92 Å². The maximum atomic E-state index is 10.4. The first-order chi connectivity index (χ1) is 4.31. The lowest BCUT2D eigenvalue weighted by Crippen LogP contribution is -2.32. The summed E-state index contributed by atoms with van der Waals surface area (Å²) in [6.07, 6.45) is 0.375. The molecule has 0 bridgehead atoms. The summed E-state index contributed by atoms with van der Waals surface area (Å²) >= 11 is 0. The minimum absolute atomic E-state index is 0.204. The van der Waals surface area contributed by atoms with Crippen molar-refractivity contribution in [1.29, 1.82) is 0 Å². The van der Waals surface area contributed by atoms with Crippen molar-refractivity contribution in [2.75, 3.05) is 13.1 Å². The summed E-state index contributed by atoms with van der Waals surface area (Å²) in [7, 11) is 0. The average molecular weight is 130 g/mol. The van der Waals surface area contributed by atoms with Crippen LogP contribution in [0.5, 0.6) is 0 Å². The number of carbonyl (C=O) groups excluding carboxylic acids is 2. The monoisotopic (exact) mass is 130 g/mol. The smallest absolute Gasteiger partial charge is 0.240 e. The lowest BCUT2D eigenvalue weighted by atomic mass is 10.6. The molecule has 2 N–H and O–H groups in total. The first kappa shape index (κ1) is 8.10. The molecular formula is C5H10N2O2. The predicted molar refractivity (Wildman–Crippen MR) is 32.8 cm³/mol. The van der Waals surface area contributed by atoms with E-state index in [-0.39, 0.29) is 12.5 Å². The Labute approximate surface area is 53.6 Å². The predicted octanol–water partition coefficient (Wildman–Crippen LogP) is -1.13. The second-order valence-electron chi connectivity index (χ2n) is 1.47. The fourth-order valence-corrected chi connectivity index (χ4v) is 0.355. The van der Waals surface area contributed by atoms with Gasteiger partial charge in [-0.25, -0.2) is 0 Å². The SMILES string of the molecule is CCNCC(=O)NC=O. The third-order valence-corrected chi connectivity index (χ3v) is 0.755. The molecule has 0 aliphatic heterocycles. The minimum atomic E-state index is -0.299. The molecule has 2 amide bonds. The first-order valence-corrected chi connectivity index (χ1v) is 2.75. The number of nitrogens with one attached hydrogen (secondary N) is 2. The summed E-state index contributed by atoms with van der Waals surface area (Å²) in [5, 5.41) is 4.76. The van der Waals surface area contributed by atoms with Gasteiger partial charge in [0.05, 0.1) is 6.54 Å². The van der Waals surface area contributed by atoms with Gasteiger partial charge >= 0.3 is 0 Å². The Morgan fingerprint density at radius 2 is 2.33 bits per heavy atom. The zero-order chi connectivity index (χ0) is 7.11. The number of amides is 2. The number of hydrogen-bond acceptors (Lipinski definition) is 3. The fourth-order valence-electron chi connectivity index (χ4n) is 0.355. The number of rotatable bonds is 4. The van der Waals surface area contributed by atoms with Gasteiger partial charge in [-0.05, 0) is 6.54 Å². The van der Waals surface area contributed by atoms with Crippen LogP contribution in [0.15, 0.2) is 0 Å². The van der Waals surface area contributed by atoms with Crippen LogP contribution in [0, 0.1) is 0 Å². The molecule has 0 aromatic rings.